The van der Waals surface area contributed by atoms with E-state index in [2.05, 4.69) is 71.2 Å². The summed E-state index contributed by atoms with van der Waals surface area (Å²) in [5.74, 6) is 0. The van der Waals surface area contributed by atoms with Gasteiger partial charge in [-0.2, -0.15) is 5.10 Å². The maximum absolute atomic E-state index is 14.0. The number of likely N-dealkylation sites (tertiary alicyclic amines) is 2. The Morgan fingerprint density at radius 3 is 2.21 bits per heavy atom. The van der Waals surface area contributed by atoms with Crippen LogP contribution in [-0.2, 0) is 34.1 Å². The summed E-state index contributed by atoms with van der Waals surface area (Å²) in [7, 11) is -3.68. The van der Waals surface area contributed by atoms with Crippen LogP contribution >= 0.6 is 0 Å². The van der Waals surface area contributed by atoms with Gasteiger partial charge >= 0.3 is 0 Å². The highest BCUT2D eigenvalue weighted by molar-refractivity contribution is 7.89. The lowest BCUT2D eigenvalue weighted by Gasteiger charge is -2.31. The predicted molar refractivity (Wildman–Crippen MR) is 241 cm³/mol. The molecule has 0 bridgehead atoms. The molecule has 0 spiro atoms. The van der Waals surface area contributed by atoms with Crippen LogP contribution in [-0.4, -0.2) is 89.7 Å². The summed E-state index contributed by atoms with van der Waals surface area (Å²) in [6.45, 7) is 5.32. The van der Waals surface area contributed by atoms with Crippen molar-refractivity contribution in [1.82, 2.24) is 43.6 Å². The molecule has 316 valence electrons. The normalized spacial score (nSPS) is 18.0. The molecule has 6 heterocycles. The van der Waals surface area contributed by atoms with E-state index < -0.39 is 20.0 Å². The van der Waals surface area contributed by atoms with Gasteiger partial charge in [0.15, 0.2) is 0 Å². The van der Waals surface area contributed by atoms with E-state index in [0.29, 0.717) is 6.04 Å². The van der Waals surface area contributed by atoms with Crippen LogP contribution in [0, 0.1) is 0 Å². The predicted octanol–water partition coefficient (Wildman–Crippen LogP) is 7.31. The van der Waals surface area contributed by atoms with Crippen molar-refractivity contribution in [2.75, 3.05) is 32.7 Å². The van der Waals surface area contributed by atoms with E-state index in [9.17, 15) is 16.8 Å². The highest BCUT2D eigenvalue weighted by Gasteiger charge is 2.33. The molecule has 4 aromatic heterocycles. The first-order valence-electron chi connectivity index (χ1n) is 21.1. The summed E-state index contributed by atoms with van der Waals surface area (Å²) < 4.78 is 65.0. The number of H-pyrrole nitrogens is 2. The Bertz CT molecular complexity index is 3160. The molecule has 15 heteroatoms. The van der Waals surface area contributed by atoms with Gasteiger partial charge in [-0.05, 0) is 112 Å². The van der Waals surface area contributed by atoms with Crippen molar-refractivity contribution in [2.45, 2.75) is 60.5 Å². The molecule has 2 saturated heterocycles. The second-order valence-electron chi connectivity index (χ2n) is 16.8. The average Bonchev–Trinajstić information content (AvgIpc) is 4.13. The third-order valence-corrected chi connectivity index (χ3v) is 15.9. The summed E-state index contributed by atoms with van der Waals surface area (Å²) in [6, 6.07) is 28.8. The topological polar surface area (TPSA) is 153 Å². The number of aromatic nitrogens is 5. The first kappa shape index (κ1) is 39.8. The average molecular weight is 858 g/mol. The van der Waals surface area contributed by atoms with Gasteiger partial charge in [0.1, 0.15) is 0 Å². The molecule has 10 rings (SSSR count). The quantitative estimate of drug-likeness (QED) is 0.0949. The van der Waals surface area contributed by atoms with Crippen LogP contribution in [0.1, 0.15) is 55.9 Å². The largest absolute Gasteiger partial charge is 0.361 e. The van der Waals surface area contributed by atoms with Crippen molar-refractivity contribution in [3.8, 4) is 11.3 Å². The van der Waals surface area contributed by atoms with Gasteiger partial charge < -0.3 is 14.5 Å². The molecule has 0 aliphatic carbocycles. The number of nitrogens with zero attached hydrogens (tertiary/aromatic N) is 5. The molecule has 2 aliphatic heterocycles. The van der Waals surface area contributed by atoms with Gasteiger partial charge in [0, 0.05) is 89.6 Å². The van der Waals surface area contributed by atoms with Gasteiger partial charge in [-0.25, -0.2) is 26.3 Å². The Labute approximate surface area is 355 Å². The van der Waals surface area contributed by atoms with Crippen LogP contribution in [0.15, 0.2) is 113 Å². The second kappa shape index (κ2) is 15.6. The SMILES string of the molecule is C[C@H]1CCCN1[C@@H](CNS(=O)(=O)c1ccc2cc(-c3ccc4c([C@@H](CNS(=O)(=O)c5ccc6cc[nH]c6c5)N5CCCC5)nn(C)c4c3)[nH]c2c1)c1cn(C)c2ccccc12. The number of para-hydroxylation sites is 1. The number of fused-ring (bicyclic) bond motifs is 4. The number of sulfonamides is 2. The third-order valence-electron chi connectivity index (χ3n) is 13.1. The van der Waals surface area contributed by atoms with Crippen molar-refractivity contribution >= 4 is 63.7 Å². The van der Waals surface area contributed by atoms with E-state index in [1.807, 2.05) is 61.2 Å². The molecule has 2 aliphatic rings. The number of hydrogen-bond donors (Lipinski definition) is 4. The molecular weight excluding hydrogens is 807 g/mol. The summed E-state index contributed by atoms with van der Waals surface area (Å²) in [4.78, 5) is 11.8. The lowest BCUT2D eigenvalue weighted by atomic mass is 10.0. The lowest BCUT2D eigenvalue weighted by Crippen LogP contribution is -2.39. The first-order chi connectivity index (χ1) is 29.4. The monoisotopic (exact) mass is 857 g/mol. The zero-order valence-electron chi connectivity index (χ0n) is 34.6. The summed E-state index contributed by atoms with van der Waals surface area (Å²) >= 11 is 0. The summed E-state index contributed by atoms with van der Waals surface area (Å²) in [5, 5.41) is 8.95. The van der Waals surface area contributed by atoms with Gasteiger partial charge in [-0.3, -0.25) is 14.5 Å². The highest BCUT2D eigenvalue weighted by Crippen LogP contribution is 2.36. The van der Waals surface area contributed by atoms with Gasteiger partial charge in [0.25, 0.3) is 0 Å². The second-order valence-corrected chi connectivity index (χ2v) is 20.4. The first-order valence-corrected chi connectivity index (χ1v) is 24.1. The number of aromatic amines is 2. The lowest BCUT2D eigenvalue weighted by molar-refractivity contribution is 0.193. The molecule has 0 amide bonds. The fraction of sp³-hybridized carbons (Fsp3) is 0.326. The van der Waals surface area contributed by atoms with Crippen molar-refractivity contribution in [3.63, 3.8) is 0 Å². The van der Waals surface area contributed by atoms with Crippen LogP contribution in [0.5, 0.6) is 0 Å². The number of rotatable bonds is 13. The fourth-order valence-electron chi connectivity index (χ4n) is 9.78. The molecule has 4 N–H and O–H groups in total. The number of nitrogens with one attached hydrogen (secondary N) is 4. The minimum absolute atomic E-state index is 0.109. The maximum Gasteiger partial charge on any atom is 0.240 e. The highest BCUT2D eigenvalue weighted by atomic mass is 32.2. The zero-order chi connectivity index (χ0) is 42.0. The molecule has 3 atom stereocenters. The minimum Gasteiger partial charge on any atom is -0.361 e. The molecule has 0 radical (unpaired) electrons. The smallest absolute Gasteiger partial charge is 0.240 e. The molecular formula is C46H51N9O4S2. The van der Waals surface area contributed by atoms with Crippen LogP contribution in [0.4, 0.5) is 0 Å². The van der Waals surface area contributed by atoms with Crippen LogP contribution in [0.3, 0.4) is 0 Å². The maximum atomic E-state index is 14.0. The van der Waals surface area contributed by atoms with Crippen molar-refractivity contribution in [3.05, 3.63) is 115 Å². The Morgan fingerprint density at radius 1 is 0.738 bits per heavy atom. The van der Waals surface area contributed by atoms with E-state index in [0.717, 1.165) is 111 Å². The Morgan fingerprint density at radius 2 is 1.46 bits per heavy atom. The van der Waals surface area contributed by atoms with Crippen molar-refractivity contribution in [1.29, 1.82) is 0 Å². The van der Waals surface area contributed by atoms with E-state index in [4.69, 9.17) is 5.10 Å². The Balaban J connectivity index is 0.902. The third kappa shape index (κ3) is 7.36. The van der Waals surface area contributed by atoms with Gasteiger partial charge in [0.05, 0.1) is 33.1 Å². The molecule has 0 unspecified atom stereocenters. The summed E-state index contributed by atoms with van der Waals surface area (Å²) in [6.07, 6.45) is 8.22. The molecule has 2 fully saturated rings. The van der Waals surface area contributed by atoms with Crippen molar-refractivity contribution in [2.24, 2.45) is 14.1 Å². The van der Waals surface area contributed by atoms with E-state index in [1.165, 1.54) is 0 Å². The van der Waals surface area contributed by atoms with Gasteiger partial charge in [-0.1, -0.05) is 42.5 Å². The number of aryl methyl sites for hydroxylation is 2. The van der Waals surface area contributed by atoms with Crippen LogP contribution < -0.4 is 9.44 Å². The van der Waals surface area contributed by atoms with Crippen LogP contribution in [0.25, 0.3) is 54.9 Å². The molecule has 61 heavy (non-hydrogen) atoms. The zero-order valence-corrected chi connectivity index (χ0v) is 36.2. The number of benzene rings is 4. The minimum atomic E-state index is -3.85. The molecule has 13 nitrogen and oxygen atoms in total. The summed E-state index contributed by atoms with van der Waals surface area (Å²) in [5.41, 5.74) is 7.27. The molecule has 4 aromatic carbocycles. The Hall–Kier alpha value is -5.29. The fourth-order valence-corrected chi connectivity index (χ4v) is 11.9. The standard InChI is InChI=1S/C46H51N9O4S2/c1-30-9-8-22-55(30)44(38-29-52(2)42-11-5-4-10-36(38)42)27-48-61(58,59)35-16-13-32-23-40(50-41(32)26-35)33-14-17-37-43(24-33)53(3)51-46(37)45(54-20-6-7-21-54)28-49-60(56,57)34-15-12-31-18-19-47-39(31)25-34/h4-5,10-19,23-26,29-30,44-45,47-50H,6-9,20-22,27-28H2,1-3H3/t30-,44-,45+/m0/s1. The van der Waals surface area contributed by atoms with Crippen molar-refractivity contribution < 1.29 is 16.8 Å². The van der Waals surface area contributed by atoms with E-state index in [-0.39, 0.29) is 35.0 Å². The van der Waals surface area contributed by atoms with E-state index >= 15 is 0 Å². The number of hydrogen-bond acceptors (Lipinski definition) is 7. The van der Waals surface area contributed by atoms with Gasteiger partial charge in [-0.15, -0.1) is 0 Å². The molecule has 8 aromatic rings. The van der Waals surface area contributed by atoms with Gasteiger partial charge in [0.2, 0.25) is 20.0 Å². The van der Waals surface area contributed by atoms with E-state index in [1.54, 1.807) is 30.5 Å². The molecule has 0 saturated carbocycles. The van der Waals surface area contributed by atoms with Crippen LogP contribution in [0.2, 0.25) is 0 Å². The Kier molecular flexibility index (Phi) is 10.2.